The van der Waals surface area contributed by atoms with Crippen LogP contribution in [-0.2, 0) is 14.9 Å². The van der Waals surface area contributed by atoms with Gasteiger partial charge in [-0.2, -0.15) is 0 Å². The summed E-state index contributed by atoms with van der Waals surface area (Å²) in [4.78, 5) is 19.3. The van der Waals surface area contributed by atoms with Crippen LogP contribution in [0.1, 0.15) is 42.7 Å². The zero-order chi connectivity index (χ0) is 21.4. The summed E-state index contributed by atoms with van der Waals surface area (Å²) in [6.07, 6.45) is 5.37. The third-order valence-electron chi connectivity index (χ3n) is 7.05. The Morgan fingerprint density at radius 3 is 2.55 bits per heavy atom. The molecule has 0 saturated carbocycles. The number of fused-ring (bicyclic) bond motifs is 1. The molecule has 162 valence electrons. The molecular weight excluding hydrogens is 431 g/mol. The van der Waals surface area contributed by atoms with E-state index in [1.807, 2.05) is 17.0 Å². The van der Waals surface area contributed by atoms with Crippen LogP contribution in [0.5, 0.6) is 0 Å². The number of nitrogens with zero attached hydrogens (tertiary/aromatic N) is 1. The molecule has 2 aromatic carbocycles. The highest BCUT2D eigenvalue weighted by molar-refractivity contribution is 6.35. The second-order valence-corrected chi connectivity index (χ2v) is 9.52. The second kappa shape index (κ2) is 8.50. The minimum Gasteiger partial charge on any atom is -0.381 e. The number of rotatable bonds is 3. The predicted molar refractivity (Wildman–Crippen MR) is 125 cm³/mol. The Balaban J connectivity index is 1.37. The molecule has 3 heterocycles. The van der Waals surface area contributed by atoms with Gasteiger partial charge in [-0.05, 0) is 60.9 Å². The van der Waals surface area contributed by atoms with Gasteiger partial charge in [0.15, 0.2) is 0 Å². The summed E-state index contributed by atoms with van der Waals surface area (Å²) >= 11 is 12.7. The molecule has 0 atom stereocenters. The van der Waals surface area contributed by atoms with Crippen LogP contribution in [0.15, 0.2) is 48.7 Å². The van der Waals surface area contributed by atoms with Gasteiger partial charge in [-0.15, -0.1) is 0 Å². The summed E-state index contributed by atoms with van der Waals surface area (Å²) in [5.74, 6) is 0.641. The lowest BCUT2D eigenvalue weighted by molar-refractivity contribution is -0.142. The highest BCUT2D eigenvalue weighted by atomic mass is 35.5. The molecule has 0 aliphatic carbocycles. The first-order valence-corrected chi connectivity index (χ1v) is 11.7. The topological polar surface area (TPSA) is 45.3 Å². The molecule has 2 aliphatic heterocycles. The van der Waals surface area contributed by atoms with Crippen LogP contribution in [0.4, 0.5) is 0 Å². The van der Waals surface area contributed by atoms with Crippen LogP contribution in [0.3, 0.4) is 0 Å². The van der Waals surface area contributed by atoms with E-state index in [2.05, 4.69) is 35.4 Å². The number of carbonyl (C=O) groups is 1. The monoisotopic (exact) mass is 456 g/mol. The zero-order valence-corrected chi connectivity index (χ0v) is 18.9. The number of para-hydroxylation sites is 1. The first-order chi connectivity index (χ1) is 15.1. The fourth-order valence-corrected chi connectivity index (χ4v) is 5.91. The third-order valence-corrected chi connectivity index (χ3v) is 7.59. The number of ether oxygens (including phenoxy) is 1. The van der Waals surface area contributed by atoms with E-state index in [4.69, 9.17) is 27.9 Å². The van der Waals surface area contributed by atoms with E-state index < -0.39 is 5.41 Å². The molecule has 1 amide bonds. The van der Waals surface area contributed by atoms with Gasteiger partial charge >= 0.3 is 0 Å². The molecule has 0 spiro atoms. The van der Waals surface area contributed by atoms with E-state index in [-0.39, 0.29) is 5.91 Å². The van der Waals surface area contributed by atoms with E-state index >= 15 is 0 Å². The fraction of sp³-hybridized carbons (Fsp3) is 0.400. The number of halogens is 2. The minimum atomic E-state index is -0.631. The van der Waals surface area contributed by atoms with Crippen LogP contribution >= 0.6 is 23.2 Å². The Bertz CT molecular complexity index is 1100. The molecule has 0 radical (unpaired) electrons. The number of piperidine rings is 1. The number of amides is 1. The van der Waals surface area contributed by atoms with Crippen LogP contribution in [-0.4, -0.2) is 42.1 Å². The second-order valence-electron chi connectivity index (χ2n) is 8.67. The number of hydrogen-bond acceptors (Lipinski definition) is 2. The van der Waals surface area contributed by atoms with Crippen molar-refractivity contribution in [1.29, 1.82) is 0 Å². The standard InChI is InChI=1S/C25H26Cl2N2O2/c26-18-5-6-21(22(27)15-18)25(9-13-31-14-10-25)24(30)29-11-7-17(8-12-29)20-16-28-23-4-2-1-3-19(20)23/h1-6,15-17,28H,7-14H2. The molecule has 6 heteroatoms. The van der Waals surface area contributed by atoms with E-state index in [0.717, 1.165) is 31.5 Å². The number of likely N-dealkylation sites (tertiary alicyclic amines) is 1. The molecule has 31 heavy (non-hydrogen) atoms. The lowest BCUT2D eigenvalue weighted by Crippen LogP contribution is -2.52. The van der Waals surface area contributed by atoms with E-state index in [1.54, 1.807) is 6.07 Å². The summed E-state index contributed by atoms with van der Waals surface area (Å²) in [7, 11) is 0. The van der Waals surface area contributed by atoms with Crippen molar-refractivity contribution in [3.63, 3.8) is 0 Å². The predicted octanol–water partition coefficient (Wildman–Crippen LogP) is 5.93. The van der Waals surface area contributed by atoms with Gasteiger partial charge in [0.05, 0.1) is 5.41 Å². The first kappa shape index (κ1) is 20.9. The van der Waals surface area contributed by atoms with E-state index in [9.17, 15) is 4.79 Å². The molecule has 2 aliphatic rings. The van der Waals surface area contributed by atoms with Crippen molar-refractivity contribution in [1.82, 2.24) is 9.88 Å². The molecule has 0 bridgehead atoms. The number of carbonyl (C=O) groups excluding carboxylic acids is 1. The molecule has 2 saturated heterocycles. The summed E-state index contributed by atoms with van der Waals surface area (Å²) in [6.45, 7) is 2.65. The van der Waals surface area contributed by atoms with Crippen molar-refractivity contribution in [3.8, 4) is 0 Å². The van der Waals surface area contributed by atoms with Crippen LogP contribution in [0.2, 0.25) is 10.0 Å². The van der Waals surface area contributed by atoms with Gasteiger partial charge in [-0.3, -0.25) is 4.79 Å². The van der Waals surface area contributed by atoms with Crippen molar-refractivity contribution >= 4 is 40.0 Å². The fourth-order valence-electron chi connectivity index (χ4n) is 5.32. The molecule has 2 fully saturated rings. The van der Waals surface area contributed by atoms with Crippen molar-refractivity contribution < 1.29 is 9.53 Å². The average molecular weight is 457 g/mol. The summed E-state index contributed by atoms with van der Waals surface area (Å²) in [5.41, 5.74) is 2.79. The maximum atomic E-state index is 13.9. The van der Waals surface area contributed by atoms with Gasteiger partial charge in [0.1, 0.15) is 0 Å². The number of aromatic nitrogens is 1. The van der Waals surface area contributed by atoms with Crippen molar-refractivity contribution in [2.24, 2.45) is 0 Å². The summed E-state index contributed by atoms with van der Waals surface area (Å²) in [5, 5.41) is 2.44. The van der Waals surface area contributed by atoms with Gasteiger partial charge in [-0.25, -0.2) is 0 Å². The minimum absolute atomic E-state index is 0.178. The van der Waals surface area contributed by atoms with Crippen molar-refractivity contribution in [3.05, 3.63) is 69.8 Å². The molecule has 0 unspecified atom stereocenters. The summed E-state index contributed by atoms with van der Waals surface area (Å²) < 4.78 is 5.61. The maximum absolute atomic E-state index is 13.9. The Kier molecular flexibility index (Phi) is 5.72. The number of nitrogens with one attached hydrogen (secondary N) is 1. The van der Waals surface area contributed by atoms with Gasteiger partial charge in [0.25, 0.3) is 0 Å². The number of H-pyrrole nitrogens is 1. The van der Waals surface area contributed by atoms with Gasteiger partial charge in [-0.1, -0.05) is 47.5 Å². The molecule has 4 nitrogen and oxygen atoms in total. The Hall–Kier alpha value is -2.01. The number of benzene rings is 2. The molecule has 1 aromatic heterocycles. The Labute approximate surface area is 192 Å². The van der Waals surface area contributed by atoms with Crippen LogP contribution in [0.25, 0.3) is 10.9 Å². The third kappa shape index (κ3) is 3.75. The Morgan fingerprint density at radius 2 is 1.81 bits per heavy atom. The number of aromatic amines is 1. The molecule has 5 rings (SSSR count). The lowest BCUT2D eigenvalue weighted by Gasteiger charge is -2.42. The first-order valence-electron chi connectivity index (χ1n) is 11.0. The SMILES string of the molecule is O=C(N1CCC(c2c[nH]c3ccccc23)CC1)C1(c2ccc(Cl)cc2Cl)CCOCC1. The number of hydrogen-bond donors (Lipinski definition) is 1. The Morgan fingerprint density at radius 1 is 1.06 bits per heavy atom. The van der Waals surface area contributed by atoms with Gasteiger partial charge in [0.2, 0.25) is 5.91 Å². The zero-order valence-electron chi connectivity index (χ0n) is 17.4. The van der Waals surface area contributed by atoms with E-state index in [0.29, 0.717) is 42.0 Å². The van der Waals surface area contributed by atoms with E-state index in [1.165, 1.54) is 16.5 Å². The molecular formula is C25H26Cl2N2O2. The summed E-state index contributed by atoms with van der Waals surface area (Å²) in [6, 6.07) is 13.9. The van der Waals surface area contributed by atoms with Crippen molar-refractivity contribution in [2.75, 3.05) is 26.3 Å². The molecule has 1 N–H and O–H groups in total. The normalized spacial score (nSPS) is 19.6. The molecule has 3 aromatic rings. The van der Waals surface area contributed by atoms with Crippen LogP contribution < -0.4 is 0 Å². The highest BCUT2D eigenvalue weighted by Gasteiger charge is 2.46. The van der Waals surface area contributed by atoms with Gasteiger partial charge < -0.3 is 14.6 Å². The quantitative estimate of drug-likeness (QED) is 0.530. The largest absolute Gasteiger partial charge is 0.381 e. The average Bonchev–Trinajstić information content (AvgIpc) is 3.23. The van der Waals surface area contributed by atoms with Gasteiger partial charge in [0, 0.05) is 53.4 Å². The maximum Gasteiger partial charge on any atom is 0.233 e. The van der Waals surface area contributed by atoms with Crippen molar-refractivity contribution in [2.45, 2.75) is 37.0 Å². The smallest absolute Gasteiger partial charge is 0.233 e. The highest BCUT2D eigenvalue weighted by Crippen LogP contribution is 2.42. The van der Waals surface area contributed by atoms with Crippen LogP contribution in [0, 0.1) is 0 Å². The lowest BCUT2D eigenvalue weighted by atomic mass is 9.72.